The van der Waals surface area contributed by atoms with Gasteiger partial charge >= 0.3 is 0 Å². The van der Waals surface area contributed by atoms with Crippen LogP contribution in [-0.4, -0.2) is 28.8 Å². The average Bonchev–Trinajstić information content (AvgIpc) is 2.69. The standard InChI is InChI=1S/C13H16N2O2/c1-10(2)8-9-15-14-12(13(16)17-15)11-6-4-3-5-7-11/h3-8,13,16H,9H2,1-2H3. The molecule has 1 aromatic carbocycles. The average molecular weight is 232 g/mol. The normalized spacial score (nSPS) is 19.1. The third-order valence-electron chi connectivity index (χ3n) is 2.40. The zero-order valence-electron chi connectivity index (χ0n) is 10.00. The van der Waals surface area contributed by atoms with E-state index in [2.05, 4.69) is 5.10 Å². The third kappa shape index (κ3) is 2.93. The first-order valence-corrected chi connectivity index (χ1v) is 5.56. The largest absolute Gasteiger partial charge is 0.361 e. The molecule has 0 amide bonds. The van der Waals surface area contributed by atoms with E-state index in [0.717, 1.165) is 5.56 Å². The van der Waals surface area contributed by atoms with E-state index < -0.39 is 6.29 Å². The molecule has 0 spiro atoms. The maximum absolute atomic E-state index is 9.76. The number of aliphatic hydroxyl groups is 1. The molecule has 1 aliphatic rings. The predicted octanol–water partition coefficient (Wildman–Crippen LogP) is 1.92. The van der Waals surface area contributed by atoms with Gasteiger partial charge in [-0.05, 0) is 13.8 Å². The van der Waals surface area contributed by atoms with Crippen molar-refractivity contribution in [3.63, 3.8) is 0 Å². The number of hydroxylamine groups is 1. The van der Waals surface area contributed by atoms with Crippen molar-refractivity contribution in [1.29, 1.82) is 0 Å². The van der Waals surface area contributed by atoms with E-state index in [1.54, 1.807) is 0 Å². The number of hydrogen-bond donors (Lipinski definition) is 1. The highest BCUT2D eigenvalue weighted by atomic mass is 16.8. The Morgan fingerprint density at radius 3 is 2.76 bits per heavy atom. The van der Waals surface area contributed by atoms with Crippen molar-refractivity contribution in [2.45, 2.75) is 20.1 Å². The van der Waals surface area contributed by atoms with Gasteiger partial charge in [-0.15, -0.1) is 5.10 Å². The minimum absolute atomic E-state index is 0.537. The fraction of sp³-hybridized carbons (Fsp3) is 0.308. The molecule has 0 aromatic heterocycles. The molecule has 0 saturated heterocycles. The van der Waals surface area contributed by atoms with Crippen LogP contribution in [-0.2, 0) is 4.84 Å². The van der Waals surface area contributed by atoms with Gasteiger partial charge in [0.25, 0.3) is 0 Å². The summed E-state index contributed by atoms with van der Waals surface area (Å²) in [6, 6.07) is 9.53. The van der Waals surface area contributed by atoms with Gasteiger partial charge in [-0.2, -0.15) is 5.17 Å². The lowest BCUT2D eigenvalue weighted by Gasteiger charge is -2.10. The van der Waals surface area contributed by atoms with Crippen molar-refractivity contribution >= 4 is 5.71 Å². The number of hydrazone groups is 1. The lowest BCUT2D eigenvalue weighted by molar-refractivity contribution is -0.211. The molecule has 1 aromatic rings. The van der Waals surface area contributed by atoms with Crippen molar-refractivity contribution in [2.24, 2.45) is 5.10 Å². The predicted molar refractivity (Wildman–Crippen MR) is 66.2 cm³/mol. The van der Waals surface area contributed by atoms with Crippen LogP contribution in [0.5, 0.6) is 0 Å². The molecule has 0 radical (unpaired) electrons. The van der Waals surface area contributed by atoms with E-state index in [0.29, 0.717) is 12.3 Å². The Labute approximate surface area is 101 Å². The van der Waals surface area contributed by atoms with Crippen molar-refractivity contribution in [1.82, 2.24) is 5.17 Å². The monoisotopic (exact) mass is 232 g/mol. The maximum Gasteiger partial charge on any atom is 0.228 e. The van der Waals surface area contributed by atoms with Gasteiger partial charge in [-0.1, -0.05) is 42.0 Å². The highest BCUT2D eigenvalue weighted by Crippen LogP contribution is 2.15. The van der Waals surface area contributed by atoms with E-state index in [1.165, 1.54) is 10.7 Å². The molecule has 90 valence electrons. The second-order valence-electron chi connectivity index (χ2n) is 4.13. The summed E-state index contributed by atoms with van der Waals surface area (Å²) in [5.41, 5.74) is 2.61. The van der Waals surface area contributed by atoms with Crippen LogP contribution < -0.4 is 0 Å². The number of allylic oxidation sites excluding steroid dienone is 1. The summed E-state index contributed by atoms with van der Waals surface area (Å²) in [5, 5.41) is 15.4. The number of rotatable bonds is 3. The molecule has 2 rings (SSSR count). The number of aliphatic hydroxyl groups excluding tert-OH is 1. The Balaban J connectivity index is 2.13. The molecular weight excluding hydrogens is 216 g/mol. The second kappa shape index (κ2) is 5.12. The molecule has 17 heavy (non-hydrogen) atoms. The molecule has 0 bridgehead atoms. The Bertz CT molecular complexity index is 436. The van der Waals surface area contributed by atoms with Crippen LogP contribution in [0, 0.1) is 0 Å². The van der Waals surface area contributed by atoms with Crippen molar-refractivity contribution in [3.8, 4) is 0 Å². The molecular formula is C13H16N2O2. The summed E-state index contributed by atoms with van der Waals surface area (Å²) in [6.07, 6.45) is 1.01. The molecule has 1 aliphatic heterocycles. The molecule has 0 saturated carbocycles. The van der Waals surface area contributed by atoms with E-state index >= 15 is 0 Å². The van der Waals surface area contributed by atoms with Gasteiger partial charge < -0.3 is 5.11 Å². The van der Waals surface area contributed by atoms with Gasteiger partial charge in [0.15, 0.2) is 0 Å². The molecule has 4 nitrogen and oxygen atoms in total. The van der Waals surface area contributed by atoms with E-state index in [4.69, 9.17) is 4.84 Å². The van der Waals surface area contributed by atoms with Crippen LogP contribution in [0.4, 0.5) is 0 Å². The summed E-state index contributed by atoms with van der Waals surface area (Å²) in [5.74, 6) is 0. The van der Waals surface area contributed by atoms with Crippen LogP contribution >= 0.6 is 0 Å². The molecule has 0 aliphatic carbocycles. The highest BCUT2D eigenvalue weighted by molar-refractivity contribution is 6.03. The summed E-state index contributed by atoms with van der Waals surface area (Å²) in [4.78, 5) is 5.22. The number of nitrogens with zero attached hydrogens (tertiary/aromatic N) is 2. The second-order valence-corrected chi connectivity index (χ2v) is 4.13. The Morgan fingerprint density at radius 2 is 2.12 bits per heavy atom. The van der Waals surface area contributed by atoms with Crippen LogP contribution in [0.1, 0.15) is 19.4 Å². The quantitative estimate of drug-likeness (QED) is 0.810. The first-order chi connectivity index (χ1) is 8.16. The fourth-order valence-electron chi connectivity index (χ4n) is 1.51. The first-order valence-electron chi connectivity index (χ1n) is 5.56. The van der Waals surface area contributed by atoms with Crippen molar-refractivity contribution < 1.29 is 9.94 Å². The minimum Gasteiger partial charge on any atom is -0.361 e. The number of benzene rings is 1. The Kier molecular flexibility index (Phi) is 3.56. The highest BCUT2D eigenvalue weighted by Gasteiger charge is 2.26. The maximum atomic E-state index is 9.76. The van der Waals surface area contributed by atoms with Gasteiger partial charge in [0.05, 0.1) is 6.54 Å². The van der Waals surface area contributed by atoms with Crippen molar-refractivity contribution in [2.75, 3.05) is 6.54 Å². The van der Waals surface area contributed by atoms with Gasteiger partial charge in [0, 0.05) is 5.56 Å². The lowest BCUT2D eigenvalue weighted by atomic mass is 10.1. The molecule has 1 unspecified atom stereocenters. The minimum atomic E-state index is -0.983. The molecule has 4 heteroatoms. The SMILES string of the molecule is CC(C)=CCN1N=C(c2ccccc2)C(O)O1. The Hall–Kier alpha value is -1.65. The molecule has 1 N–H and O–H groups in total. The smallest absolute Gasteiger partial charge is 0.228 e. The number of hydrogen-bond acceptors (Lipinski definition) is 4. The van der Waals surface area contributed by atoms with Crippen molar-refractivity contribution in [3.05, 3.63) is 47.5 Å². The first kappa shape index (κ1) is 11.8. The van der Waals surface area contributed by atoms with E-state index in [9.17, 15) is 5.11 Å². The van der Waals surface area contributed by atoms with Crippen LogP contribution in [0.15, 0.2) is 47.1 Å². The molecule has 0 fully saturated rings. The fourth-order valence-corrected chi connectivity index (χ4v) is 1.51. The molecule has 1 atom stereocenters. The van der Waals surface area contributed by atoms with E-state index in [1.807, 2.05) is 50.3 Å². The Morgan fingerprint density at radius 1 is 1.41 bits per heavy atom. The summed E-state index contributed by atoms with van der Waals surface area (Å²) >= 11 is 0. The van der Waals surface area contributed by atoms with Crippen LogP contribution in [0.2, 0.25) is 0 Å². The van der Waals surface area contributed by atoms with E-state index in [-0.39, 0.29) is 0 Å². The third-order valence-corrected chi connectivity index (χ3v) is 2.40. The topological polar surface area (TPSA) is 45.1 Å². The molecule has 1 heterocycles. The van der Waals surface area contributed by atoms with Gasteiger partial charge in [0.2, 0.25) is 6.29 Å². The summed E-state index contributed by atoms with van der Waals surface area (Å²) < 4.78 is 0. The van der Waals surface area contributed by atoms with Crippen LogP contribution in [0.3, 0.4) is 0 Å². The summed E-state index contributed by atoms with van der Waals surface area (Å²) in [6.45, 7) is 4.55. The zero-order valence-corrected chi connectivity index (χ0v) is 10.00. The summed E-state index contributed by atoms with van der Waals surface area (Å²) in [7, 11) is 0. The zero-order chi connectivity index (χ0) is 12.3. The van der Waals surface area contributed by atoms with Crippen LogP contribution in [0.25, 0.3) is 0 Å². The lowest BCUT2D eigenvalue weighted by Crippen LogP contribution is -2.22. The van der Waals surface area contributed by atoms with Gasteiger partial charge in [-0.3, -0.25) is 0 Å². The van der Waals surface area contributed by atoms with Gasteiger partial charge in [-0.25, -0.2) is 4.84 Å². The van der Waals surface area contributed by atoms with Gasteiger partial charge in [0.1, 0.15) is 5.71 Å².